The van der Waals surface area contributed by atoms with Crippen LogP contribution in [0.15, 0.2) is 18.6 Å². The van der Waals surface area contributed by atoms with E-state index in [1.807, 2.05) is 12.3 Å². The van der Waals surface area contributed by atoms with E-state index in [-0.39, 0.29) is 0 Å². The summed E-state index contributed by atoms with van der Waals surface area (Å²) in [5.74, 6) is 0.530. The molecule has 1 aliphatic heterocycles. The molecule has 0 amide bonds. The minimum absolute atomic E-state index is 0.431. The van der Waals surface area contributed by atoms with Gasteiger partial charge in [0.25, 0.3) is 6.47 Å². The number of rotatable bonds is 5. The lowest BCUT2D eigenvalue weighted by Crippen LogP contribution is -2.36. The van der Waals surface area contributed by atoms with E-state index < -0.39 is 0 Å². The highest BCUT2D eigenvalue weighted by Crippen LogP contribution is 2.27. The summed E-state index contributed by atoms with van der Waals surface area (Å²) in [6, 6.07) is 2.41. The lowest BCUT2D eigenvalue weighted by molar-refractivity contribution is -0.129. The molecule has 0 aromatic carbocycles. The standard InChI is InChI=1S/C14H19N5O2/c15-13-12-3-6-19(14(12)17-9-16-13)11-1-4-18(5-2-11)7-8-21-10-20/h3,6,9-11H,1-2,4-5,7-8H2,(H2,15,16,17). The van der Waals surface area contributed by atoms with E-state index in [1.165, 1.54) is 6.33 Å². The molecule has 0 aliphatic carbocycles. The van der Waals surface area contributed by atoms with Gasteiger partial charge in [0.2, 0.25) is 0 Å². The van der Waals surface area contributed by atoms with Crippen molar-refractivity contribution in [2.45, 2.75) is 18.9 Å². The first-order valence-corrected chi connectivity index (χ1v) is 7.14. The number of carbonyl (C=O) groups is 1. The number of hydrogen-bond donors (Lipinski definition) is 1. The molecule has 3 heterocycles. The SMILES string of the molecule is Nc1ncnc2c1ccn2C1CCN(CCOC=O)CC1. The zero-order chi connectivity index (χ0) is 14.7. The molecule has 7 heteroatoms. The number of nitrogens with zero attached hydrogens (tertiary/aromatic N) is 4. The van der Waals surface area contributed by atoms with Crippen LogP contribution in [0, 0.1) is 0 Å². The minimum Gasteiger partial charge on any atom is -0.467 e. The maximum absolute atomic E-state index is 10.1. The number of nitrogen functional groups attached to an aromatic ring is 1. The first-order chi connectivity index (χ1) is 10.3. The number of hydrogen-bond acceptors (Lipinski definition) is 6. The molecule has 0 bridgehead atoms. The van der Waals surface area contributed by atoms with Crippen LogP contribution in [-0.2, 0) is 9.53 Å². The van der Waals surface area contributed by atoms with E-state index in [4.69, 9.17) is 10.5 Å². The first-order valence-electron chi connectivity index (χ1n) is 7.14. The third-order valence-electron chi connectivity index (χ3n) is 4.08. The molecule has 0 spiro atoms. The maximum Gasteiger partial charge on any atom is 0.293 e. The summed E-state index contributed by atoms with van der Waals surface area (Å²) in [5, 5.41) is 0.916. The zero-order valence-electron chi connectivity index (χ0n) is 11.8. The van der Waals surface area contributed by atoms with Crippen LogP contribution in [0.4, 0.5) is 5.82 Å². The zero-order valence-corrected chi connectivity index (χ0v) is 11.8. The molecule has 0 saturated carbocycles. The van der Waals surface area contributed by atoms with Crippen molar-refractivity contribution < 1.29 is 9.53 Å². The highest BCUT2D eigenvalue weighted by atomic mass is 16.5. The highest BCUT2D eigenvalue weighted by molar-refractivity contribution is 5.86. The third kappa shape index (κ3) is 2.82. The molecule has 7 nitrogen and oxygen atoms in total. The Kier molecular flexibility index (Phi) is 4.01. The van der Waals surface area contributed by atoms with Gasteiger partial charge in [-0.05, 0) is 18.9 Å². The van der Waals surface area contributed by atoms with Crippen molar-refractivity contribution in [2.75, 3.05) is 32.0 Å². The van der Waals surface area contributed by atoms with Crippen LogP contribution in [0.5, 0.6) is 0 Å². The van der Waals surface area contributed by atoms with Gasteiger partial charge >= 0.3 is 0 Å². The highest BCUT2D eigenvalue weighted by Gasteiger charge is 2.22. The Hall–Kier alpha value is -2.15. The Morgan fingerprint density at radius 2 is 2.19 bits per heavy atom. The fraction of sp³-hybridized carbons (Fsp3) is 0.500. The van der Waals surface area contributed by atoms with E-state index >= 15 is 0 Å². The molecule has 1 saturated heterocycles. The molecule has 2 N–H and O–H groups in total. The summed E-state index contributed by atoms with van der Waals surface area (Å²) >= 11 is 0. The average molecular weight is 289 g/mol. The summed E-state index contributed by atoms with van der Waals surface area (Å²) in [7, 11) is 0. The molecule has 1 aliphatic rings. The lowest BCUT2D eigenvalue weighted by atomic mass is 10.1. The van der Waals surface area contributed by atoms with E-state index in [9.17, 15) is 4.79 Å². The van der Waals surface area contributed by atoms with Crippen molar-refractivity contribution in [3.05, 3.63) is 18.6 Å². The second-order valence-corrected chi connectivity index (χ2v) is 5.26. The fourth-order valence-corrected chi connectivity index (χ4v) is 2.94. The monoisotopic (exact) mass is 289 g/mol. The van der Waals surface area contributed by atoms with Crippen molar-refractivity contribution >= 4 is 23.3 Å². The largest absolute Gasteiger partial charge is 0.467 e. The third-order valence-corrected chi connectivity index (χ3v) is 4.08. The van der Waals surface area contributed by atoms with Crippen LogP contribution in [0.2, 0.25) is 0 Å². The van der Waals surface area contributed by atoms with Gasteiger partial charge < -0.3 is 15.0 Å². The average Bonchev–Trinajstić information content (AvgIpc) is 2.94. The van der Waals surface area contributed by atoms with Gasteiger partial charge in [-0.15, -0.1) is 0 Å². The van der Waals surface area contributed by atoms with Gasteiger partial charge in [-0.1, -0.05) is 0 Å². The van der Waals surface area contributed by atoms with Gasteiger partial charge in [-0.25, -0.2) is 9.97 Å². The van der Waals surface area contributed by atoms with Crippen molar-refractivity contribution in [2.24, 2.45) is 0 Å². The Labute approximate surface area is 122 Å². The predicted octanol–water partition coefficient (Wildman–Crippen LogP) is 0.823. The number of likely N-dealkylation sites (tertiary alicyclic amines) is 1. The molecule has 3 rings (SSSR count). The number of carbonyl (C=O) groups excluding carboxylic acids is 1. The van der Waals surface area contributed by atoms with Crippen molar-refractivity contribution in [1.29, 1.82) is 0 Å². The fourth-order valence-electron chi connectivity index (χ4n) is 2.94. The van der Waals surface area contributed by atoms with Crippen LogP contribution in [-0.4, -0.2) is 52.1 Å². The summed E-state index contributed by atoms with van der Waals surface area (Å²) in [5.41, 5.74) is 6.78. The van der Waals surface area contributed by atoms with Gasteiger partial charge in [0.15, 0.2) is 0 Å². The second-order valence-electron chi connectivity index (χ2n) is 5.26. The van der Waals surface area contributed by atoms with Gasteiger partial charge in [-0.2, -0.15) is 0 Å². The molecular weight excluding hydrogens is 270 g/mol. The maximum atomic E-state index is 10.1. The normalized spacial score (nSPS) is 17.1. The quantitative estimate of drug-likeness (QED) is 0.648. The molecule has 0 unspecified atom stereocenters. The van der Waals surface area contributed by atoms with E-state index in [0.29, 0.717) is 24.9 Å². The van der Waals surface area contributed by atoms with Gasteiger partial charge in [0.05, 0.1) is 5.39 Å². The molecule has 1 fully saturated rings. The number of ether oxygens (including phenoxy) is 1. The van der Waals surface area contributed by atoms with Gasteiger partial charge in [-0.3, -0.25) is 9.69 Å². The first kappa shape index (κ1) is 13.8. The van der Waals surface area contributed by atoms with E-state index in [0.717, 1.165) is 43.5 Å². The molecule has 0 radical (unpaired) electrons. The summed E-state index contributed by atoms with van der Waals surface area (Å²) in [6.45, 7) is 3.75. The van der Waals surface area contributed by atoms with Crippen LogP contribution < -0.4 is 5.73 Å². The lowest BCUT2D eigenvalue weighted by Gasteiger charge is -2.32. The molecule has 0 atom stereocenters. The number of anilines is 1. The van der Waals surface area contributed by atoms with Crippen molar-refractivity contribution in [1.82, 2.24) is 19.4 Å². The van der Waals surface area contributed by atoms with Gasteiger partial charge in [0.1, 0.15) is 24.4 Å². The Morgan fingerprint density at radius 3 is 2.95 bits per heavy atom. The van der Waals surface area contributed by atoms with Crippen LogP contribution in [0.25, 0.3) is 11.0 Å². The molecule has 2 aromatic rings. The Morgan fingerprint density at radius 1 is 1.38 bits per heavy atom. The van der Waals surface area contributed by atoms with Crippen molar-refractivity contribution in [3.8, 4) is 0 Å². The number of fused-ring (bicyclic) bond motifs is 1. The van der Waals surface area contributed by atoms with Crippen LogP contribution in [0.3, 0.4) is 0 Å². The van der Waals surface area contributed by atoms with Crippen LogP contribution in [0.1, 0.15) is 18.9 Å². The number of nitrogens with two attached hydrogens (primary N) is 1. The Bertz CT molecular complexity index is 619. The number of aromatic nitrogens is 3. The molecule has 2 aromatic heterocycles. The van der Waals surface area contributed by atoms with E-state index in [2.05, 4.69) is 19.4 Å². The second kappa shape index (κ2) is 6.09. The Balaban J connectivity index is 1.66. The minimum atomic E-state index is 0.431. The molecular formula is C14H19N5O2. The number of piperidine rings is 1. The van der Waals surface area contributed by atoms with E-state index in [1.54, 1.807) is 0 Å². The molecule has 21 heavy (non-hydrogen) atoms. The van der Waals surface area contributed by atoms with Gasteiger partial charge in [0, 0.05) is 31.9 Å². The summed E-state index contributed by atoms with van der Waals surface area (Å²) in [4.78, 5) is 20.8. The summed E-state index contributed by atoms with van der Waals surface area (Å²) < 4.78 is 6.95. The predicted molar refractivity (Wildman–Crippen MR) is 78.7 cm³/mol. The molecule has 112 valence electrons. The van der Waals surface area contributed by atoms with Crippen molar-refractivity contribution in [3.63, 3.8) is 0 Å². The topological polar surface area (TPSA) is 86.3 Å². The smallest absolute Gasteiger partial charge is 0.293 e. The van der Waals surface area contributed by atoms with Crippen LogP contribution >= 0.6 is 0 Å². The summed E-state index contributed by atoms with van der Waals surface area (Å²) in [6.07, 6.45) is 5.66.